The molecule has 3 rings (SSSR count). The van der Waals surface area contributed by atoms with Gasteiger partial charge in [-0.25, -0.2) is 9.97 Å². The molecule has 2 heterocycles. The molecule has 0 saturated carbocycles. The van der Waals surface area contributed by atoms with Crippen molar-refractivity contribution >= 4 is 17.4 Å². The van der Waals surface area contributed by atoms with Crippen LogP contribution in [0.4, 0.5) is 11.5 Å². The van der Waals surface area contributed by atoms with Crippen LogP contribution in [0, 0.1) is 0 Å². The first-order valence-corrected chi connectivity index (χ1v) is 7.61. The van der Waals surface area contributed by atoms with Crippen molar-refractivity contribution < 1.29 is 13.9 Å². The normalized spacial score (nSPS) is 10.4. The number of furan rings is 1. The molecule has 0 atom stereocenters. The van der Waals surface area contributed by atoms with Gasteiger partial charge in [-0.3, -0.25) is 4.79 Å². The molecule has 0 spiro atoms. The number of hydrogen-bond donors (Lipinski definition) is 1. The van der Waals surface area contributed by atoms with Crippen molar-refractivity contribution in [3.05, 3.63) is 54.7 Å². The minimum absolute atomic E-state index is 0.213. The topological polar surface area (TPSA) is 80.5 Å². The van der Waals surface area contributed by atoms with Crippen LogP contribution in [0.5, 0.6) is 5.75 Å². The van der Waals surface area contributed by atoms with E-state index >= 15 is 0 Å². The Bertz CT molecular complexity index is 876. The molecular weight excluding hydrogens is 320 g/mol. The standard InChI is InChI=1S/C18H18N4O3/c1-22(2)17-16(21-18(23)14-8-5-9-25-14)15(19-11-20-17)12-6-4-7-13(10-12)24-3/h4-11H,1-3H3,(H,21,23). The molecule has 0 unspecified atom stereocenters. The summed E-state index contributed by atoms with van der Waals surface area (Å²) in [5, 5.41) is 2.86. The summed E-state index contributed by atoms with van der Waals surface area (Å²) >= 11 is 0. The predicted molar refractivity (Wildman–Crippen MR) is 95.0 cm³/mol. The van der Waals surface area contributed by atoms with Crippen molar-refractivity contribution in [1.29, 1.82) is 0 Å². The zero-order valence-corrected chi connectivity index (χ0v) is 14.2. The van der Waals surface area contributed by atoms with Crippen LogP contribution in [-0.4, -0.2) is 37.1 Å². The number of anilines is 2. The number of nitrogens with zero attached hydrogens (tertiary/aromatic N) is 3. The van der Waals surface area contributed by atoms with Crippen LogP contribution in [0.15, 0.2) is 53.4 Å². The highest BCUT2D eigenvalue weighted by Crippen LogP contribution is 2.34. The monoisotopic (exact) mass is 338 g/mol. The van der Waals surface area contributed by atoms with Crippen LogP contribution in [0.1, 0.15) is 10.6 Å². The van der Waals surface area contributed by atoms with Gasteiger partial charge in [-0.15, -0.1) is 0 Å². The van der Waals surface area contributed by atoms with Crippen molar-refractivity contribution in [1.82, 2.24) is 9.97 Å². The number of methoxy groups -OCH3 is 1. The minimum Gasteiger partial charge on any atom is -0.497 e. The second-order valence-corrected chi connectivity index (χ2v) is 5.48. The molecule has 25 heavy (non-hydrogen) atoms. The fraction of sp³-hybridized carbons (Fsp3) is 0.167. The fourth-order valence-electron chi connectivity index (χ4n) is 2.40. The molecule has 128 valence electrons. The average Bonchev–Trinajstić information content (AvgIpc) is 3.16. The van der Waals surface area contributed by atoms with Gasteiger partial charge in [0, 0.05) is 19.7 Å². The first-order chi connectivity index (χ1) is 12.1. The number of carbonyl (C=O) groups is 1. The lowest BCUT2D eigenvalue weighted by molar-refractivity contribution is 0.0996. The number of hydrogen-bond acceptors (Lipinski definition) is 6. The molecule has 0 radical (unpaired) electrons. The number of amides is 1. The van der Waals surface area contributed by atoms with E-state index < -0.39 is 0 Å². The number of benzene rings is 1. The number of ether oxygens (including phenoxy) is 1. The molecule has 0 saturated heterocycles. The highest BCUT2D eigenvalue weighted by atomic mass is 16.5. The Morgan fingerprint density at radius 3 is 2.72 bits per heavy atom. The predicted octanol–water partition coefficient (Wildman–Crippen LogP) is 3.06. The quantitative estimate of drug-likeness (QED) is 0.770. The smallest absolute Gasteiger partial charge is 0.291 e. The number of rotatable bonds is 5. The van der Waals surface area contributed by atoms with E-state index in [9.17, 15) is 4.79 Å². The van der Waals surface area contributed by atoms with E-state index in [2.05, 4.69) is 15.3 Å². The average molecular weight is 338 g/mol. The van der Waals surface area contributed by atoms with Crippen molar-refractivity contribution in [2.24, 2.45) is 0 Å². The molecule has 1 N–H and O–H groups in total. The van der Waals surface area contributed by atoms with Gasteiger partial charge in [0.25, 0.3) is 5.91 Å². The molecule has 0 fully saturated rings. The van der Waals surface area contributed by atoms with E-state index in [0.717, 1.165) is 5.56 Å². The number of nitrogens with one attached hydrogen (secondary N) is 1. The summed E-state index contributed by atoms with van der Waals surface area (Å²) in [5.74, 6) is 1.13. The van der Waals surface area contributed by atoms with Crippen LogP contribution in [0.25, 0.3) is 11.3 Å². The van der Waals surface area contributed by atoms with Crippen LogP contribution in [0.3, 0.4) is 0 Å². The summed E-state index contributed by atoms with van der Waals surface area (Å²) in [6.07, 6.45) is 2.92. The molecule has 0 aliphatic rings. The Hall–Kier alpha value is -3.35. The Kier molecular flexibility index (Phi) is 4.65. The van der Waals surface area contributed by atoms with Gasteiger partial charge >= 0.3 is 0 Å². The summed E-state index contributed by atoms with van der Waals surface area (Å²) < 4.78 is 10.4. The first kappa shape index (κ1) is 16.5. The Balaban J connectivity index is 2.08. The van der Waals surface area contributed by atoms with Gasteiger partial charge in [0.05, 0.1) is 19.1 Å². The van der Waals surface area contributed by atoms with Crippen molar-refractivity contribution in [2.75, 3.05) is 31.4 Å². The van der Waals surface area contributed by atoms with Gasteiger partial charge in [0.15, 0.2) is 11.6 Å². The third-order valence-corrected chi connectivity index (χ3v) is 3.58. The second-order valence-electron chi connectivity index (χ2n) is 5.48. The lowest BCUT2D eigenvalue weighted by atomic mass is 10.1. The van der Waals surface area contributed by atoms with Gasteiger partial charge in [0.1, 0.15) is 17.8 Å². The number of carbonyl (C=O) groups excluding carboxylic acids is 1. The zero-order chi connectivity index (χ0) is 17.8. The molecule has 7 heteroatoms. The van der Waals surface area contributed by atoms with Crippen molar-refractivity contribution in [3.8, 4) is 17.0 Å². The summed E-state index contributed by atoms with van der Waals surface area (Å²) in [5.41, 5.74) is 1.90. The molecule has 0 aliphatic heterocycles. The third-order valence-electron chi connectivity index (χ3n) is 3.58. The Morgan fingerprint density at radius 1 is 1.20 bits per heavy atom. The van der Waals surface area contributed by atoms with Crippen LogP contribution < -0.4 is 15.0 Å². The maximum Gasteiger partial charge on any atom is 0.291 e. The molecular formula is C18H18N4O3. The highest BCUT2D eigenvalue weighted by molar-refractivity contribution is 6.06. The van der Waals surface area contributed by atoms with Crippen LogP contribution in [0.2, 0.25) is 0 Å². The highest BCUT2D eigenvalue weighted by Gasteiger charge is 2.19. The molecule has 1 aromatic carbocycles. The van der Waals surface area contributed by atoms with E-state index in [4.69, 9.17) is 9.15 Å². The second kappa shape index (κ2) is 7.04. The van der Waals surface area contributed by atoms with E-state index in [-0.39, 0.29) is 11.7 Å². The van der Waals surface area contributed by atoms with Gasteiger partial charge in [-0.1, -0.05) is 12.1 Å². The van der Waals surface area contributed by atoms with Crippen LogP contribution >= 0.6 is 0 Å². The van der Waals surface area contributed by atoms with Crippen molar-refractivity contribution in [2.45, 2.75) is 0 Å². The lowest BCUT2D eigenvalue weighted by Crippen LogP contribution is -2.19. The molecule has 1 amide bonds. The maximum atomic E-state index is 12.5. The molecule has 0 aliphatic carbocycles. The van der Waals surface area contributed by atoms with Gasteiger partial charge < -0.3 is 19.4 Å². The van der Waals surface area contributed by atoms with E-state index in [1.165, 1.54) is 12.6 Å². The Labute approximate surface area is 145 Å². The minimum atomic E-state index is -0.368. The van der Waals surface area contributed by atoms with Crippen LogP contribution in [-0.2, 0) is 0 Å². The van der Waals surface area contributed by atoms with E-state index in [1.807, 2.05) is 43.3 Å². The van der Waals surface area contributed by atoms with E-state index in [1.54, 1.807) is 19.2 Å². The summed E-state index contributed by atoms with van der Waals surface area (Å²) in [6, 6.07) is 10.7. The van der Waals surface area contributed by atoms with Crippen molar-refractivity contribution in [3.63, 3.8) is 0 Å². The van der Waals surface area contributed by atoms with Gasteiger partial charge in [-0.05, 0) is 24.3 Å². The van der Waals surface area contributed by atoms with E-state index in [0.29, 0.717) is 22.9 Å². The maximum absolute atomic E-state index is 12.5. The number of aromatic nitrogens is 2. The SMILES string of the molecule is COc1cccc(-c2ncnc(N(C)C)c2NC(=O)c2ccco2)c1. The molecule has 7 nitrogen and oxygen atoms in total. The summed E-state index contributed by atoms with van der Waals surface area (Å²) in [4.78, 5) is 22.9. The fourth-order valence-corrected chi connectivity index (χ4v) is 2.40. The van der Waals surface area contributed by atoms with Gasteiger partial charge in [-0.2, -0.15) is 0 Å². The Morgan fingerprint density at radius 2 is 2.04 bits per heavy atom. The lowest BCUT2D eigenvalue weighted by Gasteiger charge is -2.19. The first-order valence-electron chi connectivity index (χ1n) is 7.61. The molecule has 2 aromatic heterocycles. The third kappa shape index (κ3) is 3.45. The summed E-state index contributed by atoms with van der Waals surface area (Å²) in [7, 11) is 5.30. The zero-order valence-electron chi connectivity index (χ0n) is 14.2. The molecule has 0 bridgehead atoms. The molecule has 3 aromatic rings. The summed E-state index contributed by atoms with van der Waals surface area (Å²) in [6.45, 7) is 0. The largest absolute Gasteiger partial charge is 0.497 e. The van der Waals surface area contributed by atoms with Gasteiger partial charge in [0.2, 0.25) is 0 Å².